The number of hydrogen-bond acceptors (Lipinski definition) is 3. The summed E-state index contributed by atoms with van der Waals surface area (Å²) in [4.78, 5) is 0. The molecule has 0 unspecified atom stereocenters. The maximum atomic E-state index is 6.05. The number of nitrogens with zero attached hydrogens (tertiary/aromatic N) is 3. The first-order valence-electron chi connectivity index (χ1n) is 6.36. The fourth-order valence-electron chi connectivity index (χ4n) is 2.12. The van der Waals surface area contributed by atoms with Gasteiger partial charge in [-0.25, -0.2) is 0 Å². The lowest BCUT2D eigenvalue weighted by atomic mass is 10.2. The molecule has 2 aromatic carbocycles. The van der Waals surface area contributed by atoms with Gasteiger partial charge in [0.25, 0.3) is 0 Å². The zero-order valence-electron chi connectivity index (χ0n) is 11.0. The molecule has 1 heterocycles. The van der Waals surface area contributed by atoms with E-state index in [1.807, 2.05) is 53.1 Å². The number of rotatable bonds is 3. The van der Waals surface area contributed by atoms with Crippen LogP contribution < -0.4 is 5.73 Å². The Balaban J connectivity index is 2.20. The lowest BCUT2D eigenvalue weighted by molar-refractivity contribution is 0.861. The summed E-state index contributed by atoms with van der Waals surface area (Å²) in [6.07, 6.45) is 0. The molecule has 0 radical (unpaired) electrons. The standard InChI is InChI=1S/C15H12BrClN4/c16-12-8-10(6-7-13(12)17)15-20-19-14(9-18)21(15)11-4-2-1-3-5-11/h1-8H,9,18H2. The summed E-state index contributed by atoms with van der Waals surface area (Å²) in [6, 6.07) is 15.6. The smallest absolute Gasteiger partial charge is 0.168 e. The Kier molecular flexibility index (Phi) is 4.05. The van der Waals surface area contributed by atoms with Gasteiger partial charge in [-0.05, 0) is 46.3 Å². The van der Waals surface area contributed by atoms with Crippen LogP contribution in [0.25, 0.3) is 17.1 Å². The Bertz CT molecular complexity index is 771. The third-order valence-electron chi connectivity index (χ3n) is 3.10. The maximum Gasteiger partial charge on any atom is 0.168 e. The van der Waals surface area contributed by atoms with Crippen molar-refractivity contribution in [1.29, 1.82) is 0 Å². The van der Waals surface area contributed by atoms with Crippen LogP contribution in [-0.2, 0) is 6.54 Å². The van der Waals surface area contributed by atoms with Gasteiger partial charge < -0.3 is 5.73 Å². The van der Waals surface area contributed by atoms with Gasteiger partial charge in [0.2, 0.25) is 0 Å². The van der Waals surface area contributed by atoms with E-state index < -0.39 is 0 Å². The second-order valence-corrected chi connectivity index (χ2v) is 5.71. The van der Waals surface area contributed by atoms with Gasteiger partial charge in [-0.1, -0.05) is 29.8 Å². The molecule has 0 saturated heterocycles. The van der Waals surface area contributed by atoms with Crippen LogP contribution in [-0.4, -0.2) is 14.8 Å². The summed E-state index contributed by atoms with van der Waals surface area (Å²) in [5, 5.41) is 9.11. The van der Waals surface area contributed by atoms with E-state index in [2.05, 4.69) is 26.1 Å². The van der Waals surface area contributed by atoms with Gasteiger partial charge >= 0.3 is 0 Å². The minimum Gasteiger partial charge on any atom is -0.324 e. The number of halogens is 2. The summed E-state index contributed by atoms with van der Waals surface area (Å²) >= 11 is 9.48. The summed E-state index contributed by atoms with van der Waals surface area (Å²) in [5.41, 5.74) is 7.67. The number of hydrogen-bond donors (Lipinski definition) is 1. The summed E-state index contributed by atoms with van der Waals surface area (Å²) < 4.78 is 2.77. The lowest BCUT2D eigenvalue weighted by Gasteiger charge is -2.10. The van der Waals surface area contributed by atoms with Crippen LogP contribution in [0.1, 0.15) is 5.82 Å². The molecule has 2 N–H and O–H groups in total. The molecule has 106 valence electrons. The lowest BCUT2D eigenvalue weighted by Crippen LogP contribution is -2.07. The number of benzene rings is 2. The minimum absolute atomic E-state index is 0.316. The minimum atomic E-state index is 0.316. The second-order valence-electron chi connectivity index (χ2n) is 4.44. The van der Waals surface area contributed by atoms with Crippen LogP contribution in [0.5, 0.6) is 0 Å². The highest BCUT2D eigenvalue weighted by molar-refractivity contribution is 9.10. The van der Waals surface area contributed by atoms with E-state index in [9.17, 15) is 0 Å². The zero-order valence-corrected chi connectivity index (χ0v) is 13.3. The molecule has 0 spiro atoms. The van der Waals surface area contributed by atoms with Gasteiger partial charge in [-0.15, -0.1) is 10.2 Å². The average molecular weight is 364 g/mol. The van der Waals surface area contributed by atoms with Crippen molar-refractivity contribution >= 4 is 27.5 Å². The molecular weight excluding hydrogens is 352 g/mol. The molecule has 0 aliphatic carbocycles. The molecule has 0 saturated carbocycles. The topological polar surface area (TPSA) is 56.7 Å². The molecule has 0 aliphatic rings. The highest BCUT2D eigenvalue weighted by Gasteiger charge is 2.15. The van der Waals surface area contributed by atoms with Crippen molar-refractivity contribution in [3.8, 4) is 17.1 Å². The first kappa shape index (κ1) is 14.3. The van der Waals surface area contributed by atoms with Gasteiger partial charge in [0.05, 0.1) is 11.6 Å². The van der Waals surface area contributed by atoms with Crippen LogP contribution in [0, 0.1) is 0 Å². The fraction of sp³-hybridized carbons (Fsp3) is 0.0667. The van der Waals surface area contributed by atoms with Crippen molar-refractivity contribution in [2.45, 2.75) is 6.54 Å². The fourth-order valence-corrected chi connectivity index (χ4v) is 2.62. The molecule has 0 aliphatic heterocycles. The summed E-state index contributed by atoms with van der Waals surface area (Å²) in [7, 11) is 0. The first-order chi connectivity index (χ1) is 10.2. The molecule has 1 aromatic heterocycles. The van der Waals surface area contributed by atoms with Crippen LogP contribution in [0.3, 0.4) is 0 Å². The molecule has 0 fully saturated rings. The third kappa shape index (κ3) is 2.72. The number of para-hydroxylation sites is 1. The number of aromatic nitrogens is 3. The van der Waals surface area contributed by atoms with Crippen molar-refractivity contribution in [2.75, 3.05) is 0 Å². The van der Waals surface area contributed by atoms with E-state index in [1.165, 1.54) is 0 Å². The maximum absolute atomic E-state index is 6.05. The highest BCUT2D eigenvalue weighted by atomic mass is 79.9. The Morgan fingerprint density at radius 3 is 2.52 bits per heavy atom. The Morgan fingerprint density at radius 1 is 1.10 bits per heavy atom. The van der Waals surface area contributed by atoms with Crippen molar-refractivity contribution in [3.63, 3.8) is 0 Å². The largest absolute Gasteiger partial charge is 0.324 e. The van der Waals surface area contributed by atoms with E-state index in [4.69, 9.17) is 17.3 Å². The van der Waals surface area contributed by atoms with E-state index in [-0.39, 0.29) is 0 Å². The average Bonchev–Trinajstić information content (AvgIpc) is 2.95. The monoisotopic (exact) mass is 362 g/mol. The zero-order chi connectivity index (χ0) is 14.8. The van der Waals surface area contributed by atoms with Crippen LogP contribution in [0.2, 0.25) is 5.02 Å². The molecular formula is C15H12BrClN4. The van der Waals surface area contributed by atoms with Crippen molar-refractivity contribution < 1.29 is 0 Å². The molecule has 3 aromatic rings. The third-order valence-corrected chi connectivity index (χ3v) is 4.32. The van der Waals surface area contributed by atoms with E-state index in [0.717, 1.165) is 21.5 Å². The highest BCUT2D eigenvalue weighted by Crippen LogP contribution is 2.29. The summed E-state index contributed by atoms with van der Waals surface area (Å²) in [6.45, 7) is 0.316. The Hall–Kier alpha value is -1.69. The SMILES string of the molecule is NCc1nnc(-c2ccc(Cl)c(Br)c2)n1-c1ccccc1. The molecule has 6 heteroatoms. The Labute approximate surface area is 135 Å². The predicted molar refractivity (Wildman–Crippen MR) is 87.4 cm³/mol. The van der Waals surface area contributed by atoms with E-state index >= 15 is 0 Å². The second kappa shape index (κ2) is 5.97. The van der Waals surface area contributed by atoms with Gasteiger partial charge in [0.1, 0.15) is 0 Å². The molecule has 0 bridgehead atoms. The van der Waals surface area contributed by atoms with E-state index in [0.29, 0.717) is 17.4 Å². The molecule has 3 rings (SSSR count). The molecule has 0 atom stereocenters. The van der Waals surface area contributed by atoms with Crippen molar-refractivity contribution in [2.24, 2.45) is 5.73 Å². The quantitative estimate of drug-likeness (QED) is 0.770. The van der Waals surface area contributed by atoms with Crippen LogP contribution >= 0.6 is 27.5 Å². The van der Waals surface area contributed by atoms with Crippen LogP contribution in [0.4, 0.5) is 0 Å². The van der Waals surface area contributed by atoms with Gasteiger partial charge in [0, 0.05) is 15.7 Å². The molecule has 4 nitrogen and oxygen atoms in total. The Morgan fingerprint density at radius 2 is 1.86 bits per heavy atom. The first-order valence-corrected chi connectivity index (χ1v) is 7.53. The number of nitrogens with two attached hydrogens (primary N) is 1. The van der Waals surface area contributed by atoms with Crippen molar-refractivity contribution in [1.82, 2.24) is 14.8 Å². The van der Waals surface area contributed by atoms with E-state index in [1.54, 1.807) is 0 Å². The van der Waals surface area contributed by atoms with Gasteiger partial charge in [0.15, 0.2) is 11.6 Å². The van der Waals surface area contributed by atoms with Crippen molar-refractivity contribution in [3.05, 3.63) is 63.9 Å². The van der Waals surface area contributed by atoms with Gasteiger partial charge in [-0.2, -0.15) is 0 Å². The normalized spacial score (nSPS) is 10.8. The van der Waals surface area contributed by atoms with Gasteiger partial charge in [-0.3, -0.25) is 4.57 Å². The summed E-state index contributed by atoms with van der Waals surface area (Å²) in [5.74, 6) is 1.45. The predicted octanol–water partition coefficient (Wildman–Crippen LogP) is 3.81. The van der Waals surface area contributed by atoms with Crippen LogP contribution in [0.15, 0.2) is 53.0 Å². The molecule has 0 amide bonds. The molecule has 21 heavy (non-hydrogen) atoms.